The zero-order chi connectivity index (χ0) is 15.9. The lowest BCUT2D eigenvalue weighted by molar-refractivity contribution is -0.123. The quantitative estimate of drug-likeness (QED) is 0.844. The molecule has 2 rings (SSSR count). The minimum atomic E-state index is -0.190. The highest BCUT2D eigenvalue weighted by molar-refractivity contribution is 6.33. The van der Waals surface area contributed by atoms with Crippen LogP contribution in [-0.4, -0.2) is 42.9 Å². The summed E-state index contributed by atoms with van der Waals surface area (Å²) in [4.78, 5) is 25.5. The molecule has 6 heteroatoms. The zero-order valence-electron chi connectivity index (χ0n) is 12.8. The Balaban J connectivity index is 1.73. The van der Waals surface area contributed by atoms with E-state index in [1.54, 1.807) is 36.2 Å². The molecule has 2 amide bonds. The van der Waals surface area contributed by atoms with Crippen LogP contribution >= 0.6 is 11.6 Å². The van der Waals surface area contributed by atoms with Crippen LogP contribution in [0.3, 0.4) is 0 Å². The van der Waals surface area contributed by atoms with Crippen molar-refractivity contribution in [3.63, 3.8) is 0 Å². The predicted octanol–water partition coefficient (Wildman–Crippen LogP) is 2.27. The number of benzene rings is 1. The number of hydrogen-bond donors (Lipinski definition) is 2. The number of likely N-dealkylation sites (N-methyl/N-ethyl adjacent to an activating group) is 1. The number of anilines is 1. The molecule has 1 aliphatic carbocycles. The summed E-state index contributed by atoms with van der Waals surface area (Å²) in [5.74, 6) is -0.218. The first kappa shape index (κ1) is 16.8. The Morgan fingerprint density at radius 2 is 1.82 bits per heavy atom. The second kappa shape index (κ2) is 8.15. The van der Waals surface area contributed by atoms with Crippen molar-refractivity contribution in [2.24, 2.45) is 0 Å². The van der Waals surface area contributed by atoms with E-state index in [-0.39, 0.29) is 24.9 Å². The average molecular weight is 324 g/mol. The Labute approximate surface area is 136 Å². The van der Waals surface area contributed by atoms with Crippen molar-refractivity contribution >= 4 is 29.1 Å². The van der Waals surface area contributed by atoms with Gasteiger partial charge in [0.05, 0.1) is 23.8 Å². The second-order valence-corrected chi connectivity index (χ2v) is 6.16. The Hall–Kier alpha value is -1.59. The first-order valence-electron chi connectivity index (χ1n) is 7.57. The van der Waals surface area contributed by atoms with Crippen molar-refractivity contribution in [2.45, 2.75) is 31.7 Å². The molecule has 5 nitrogen and oxygen atoms in total. The van der Waals surface area contributed by atoms with E-state index < -0.39 is 0 Å². The number of rotatable bonds is 6. The van der Waals surface area contributed by atoms with E-state index in [1.165, 1.54) is 12.8 Å². The van der Waals surface area contributed by atoms with Gasteiger partial charge in [0.25, 0.3) is 0 Å². The molecule has 0 radical (unpaired) electrons. The number of para-hydroxylation sites is 1. The van der Waals surface area contributed by atoms with Crippen molar-refractivity contribution in [2.75, 3.05) is 25.5 Å². The number of carbonyl (C=O) groups excluding carboxylic acids is 2. The largest absolute Gasteiger partial charge is 0.352 e. The number of carbonyl (C=O) groups is 2. The summed E-state index contributed by atoms with van der Waals surface area (Å²) in [7, 11) is 1.75. The highest BCUT2D eigenvalue weighted by atomic mass is 35.5. The molecule has 1 saturated carbocycles. The van der Waals surface area contributed by atoms with Crippen LogP contribution in [0, 0.1) is 0 Å². The van der Waals surface area contributed by atoms with Crippen LogP contribution in [0.1, 0.15) is 25.7 Å². The molecule has 0 heterocycles. The summed E-state index contributed by atoms with van der Waals surface area (Å²) >= 11 is 5.99. The maximum Gasteiger partial charge on any atom is 0.238 e. The van der Waals surface area contributed by atoms with E-state index in [9.17, 15) is 9.59 Å². The van der Waals surface area contributed by atoms with Crippen LogP contribution in [-0.2, 0) is 9.59 Å². The van der Waals surface area contributed by atoms with Crippen molar-refractivity contribution < 1.29 is 9.59 Å². The van der Waals surface area contributed by atoms with Crippen molar-refractivity contribution in [1.82, 2.24) is 10.2 Å². The number of hydrogen-bond acceptors (Lipinski definition) is 3. The normalized spacial score (nSPS) is 15.0. The van der Waals surface area contributed by atoms with Crippen molar-refractivity contribution in [3.8, 4) is 0 Å². The van der Waals surface area contributed by atoms with Gasteiger partial charge in [-0.3, -0.25) is 14.5 Å². The topological polar surface area (TPSA) is 61.4 Å². The van der Waals surface area contributed by atoms with Crippen LogP contribution in [0.2, 0.25) is 5.02 Å². The maximum atomic E-state index is 12.0. The van der Waals surface area contributed by atoms with E-state index in [1.807, 2.05) is 0 Å². The van der Waals surface area contributed by atoms with Crippen molar-refractivity contribution in [1.29, 1.82) is 0 Å². The minimum Gasteiger partial charge on any atom is -0.352 e. The first-order chi connectivity index (χ1) is 10.5. The van der Waals surface area contributed by atoms with E-state index in [0.29, 0.717) is 16.8 Å². The molecule has 0 bridgehead atoms. The molecule has 120 valence electrons. The molecule has 0 atom stereocenters. The molecule has 0 spiro atoms. The van der Waals surface area contributed by atoms with Gasteiger partial charge in [-0.25, -0.2) is 0 Å². The fourth-order valence-corrected chi connectivity index (χ4v) is 2.82. The molecular formula is C16H22ClN3O2. The Morgan fingerprint density at radius 1 is 1.18 bits per heavy atom. The Morgan fingerprint density at radius 3 is 2.50 bits per heavy atom. The lowest BCUT2D eigenvalue weighted by Crippen LogP contribution is -2.42. The maximum absolute atomic E-state index is 12.0. The van der Waals surface area contributed by atoms with Gasteiger partial charge in [0, 0.05) is 6.04 Å². The van der Waals surface area contributed by atoms with E-state index in [4.69, 9.17) is 11.6 Å². The summed E-state index contributed by atoms with van der Waals surface area (Å²) < 4.78 is 0. The molecule has 0 saturated heterocycles. The monoisotopic (exact) mass is 323 g/mol. The van der Waals surface area contributed by atoms with Crippen LogP contribution < -0.4 is 10.6 Å². The standard InChI is InChI=1S/C16H22ClN3O2/c1-20(10-15(21)18-12-6-2-3-7-12)11-16(22)19-14-9-5-4-8-13(14)17/h4-5,8-9,12H,2-3,6-7,10-11H2,1H3,(H,18,21)(H,19,22). The minimum absolute atomic E-state index is 0.0278. The fraction of sp³-hybridized carbons (Fsp3) is 0.500. The first-order valence-corrected chi connectivity index (χ1v) is 7.94. The molecule has 1 aromatic rings. The van der Waals surface area contributed by atoms with Gasteiger partial charge in [-0.05, 0) is 32.0 Å². The third kappa shape index (κ3) is 5.31. The van der Waals surface area contributed by atoms with Gasteiger partial charge >= 0.3 is 0 Å². The molecule has 22 heavy (non-hydrogen) atoms. The average Bonchev–Trinajstić information content (AvgIpc) is 2.93. The van der Waals surface area contributed by atoms with E-state index >= 15 is 0 Å². The summed E-state index contributed by atoms with van der Waals surface area (Å²) in [5.41, 5.74) is 0.581. The third-order valence-corrected chi connectivity index (χ3v) is 4.02. The van der Waals surface area contributed by atoms with Crippen LogP contribution in [0.15, 0.2) is 24.3 Å². The van der Waals surface area contributed by atoms with Gasteiger partial charge in [-0.15, -0.1) is 0 Å². The van der Waals surface area contributed by atoms with Gasteiger partial charge in [0.2, 0.25) is 11.8 Å². The summed E-state index contributed by atoms with van der Waals surface area (Å²) in [5, 5.41) is 6.25. The van der Waals surface area contributed by atoms with Gasteiger partial charge in [0.15, 0.2) is 0 Å². The van der Waals surface area contributed by atoms with E-state index in [2.05, 4.69) is 10.6 Å². The SMILES string of the molecule is CN(CC(=O)Nc1ccccc1Cl)CC(=O)NC1CCCC1. The number of nitrogens with zero attached hydrogens (tertiary/aromatic N) is 1. The molecule has 1 aliphatic rings. The lowest BCUT2D eigenvalue weighted by atomic mass is 10.2. The van der Waals surface area contributed by atoms with Crippen LogP contribution in [0.25, 0.3) is 0 Å². The fourth-order valence-electron chi connectivity index (χ4n) is 2.64. The van der Waals surface area contributed by atoms with Crippen molar-refractivity contribution in [3.05, 3.63) is 29.3 Å². The number of halogens is 1. The summed E-state index contributed by atoms with van der Waals surface area (Å²) in [6, 6.07) is 7.37. The molecule has 0 unspecified atom stereocenters. The molecule has 2 N–H and O–H groups in total. The zero-order valence-corrected chi connectivity index (χ0v) is 13.5. The van der Waals surface area contributed by atoms with Crippen LogP contribution in [0.4, 0.5) is 5.69 Å². The molecule has 1 aromatic carbocycles. The lowest BCUT2D eigenvalue weighted by Gasteiger charge is -2.18. The van der Waals surface area contributed by atoms with Gasteiger partial charge < -0.3 is 10.6 Å². The Kier molecular flexibility index (Phi) is 6.21. The summed E-state index contributed by atoms with van der Waals surface area (Å²) in [6.45, 7) is 0.357. The predicted molar refractivity (Wildman–Crippen MR) is 88.0 cm³/mol. The highest BCUT2D eigenvalue weighted by Gasteiger charge is 2.18. The van der Waals surface area contributed by atoms with Gasteiger partial charge in [-0.1, -0.05) is 36.6 Å². The smallest absolute Gasteiger partial charge is 0.238 e. The molecule has 1 fully saturated rings. The van der Waals surface area contributed by atoms with E-state index in [0.717, 1.165) is 12.8 Å². The molecule has 0 aromatic heterocycles. The van der Waals surface area contributed by atoms with Gasteiger partial charge in [-0.2, -0.15) is 0 Å². The number of amides is 2. The second-order valence-electron chi connectivity index (χ2n) is 5.75. The summed E-state index contributed by atoms with van der Waals surface area (Å²) in [6.07, 6.45) is 4.48. The third-order valence-electron chi connectivity index (χ3n) is 3.70. The number of nitrogens with one attached hydrogen (secondary N) is 2. The Bertz CT molecular complexity index is 530. The highest BCUT2D eigenvalue weighted by Crippen LogP contribution is 2.20. The molecule has 0 aliphatic heterocycles. The van der Waals surface area contributed by atoms with Crippen LogP contribution in [0.5, 0.6) is 0 Å². The van der Waals surface area contributed by atoms with Gasteiger partial charge in [0.1, 0.15) is 0 Å². The molecular weight excluding hydrogens is 302 g/mol.